The second-order valence-corrected chi connectivity index (χ2v) is 4.77. The van der Waals surface area contributed by atoms with Gasteiger partial charge in [0.25, 0.3) is 11.6 Å². The Labute approximate surface area is 136 Å². The first-order valence-electron chi connectivity index (χ1n) is 6.93. The van der Waals surface area contributed by atoms with Gasteiger partial charge in [0.2, 0.25) is 0 Å². The Morgan fingerprint density at radius 3 is 2.62 bits per heavy atom. The maximum Gasteiger partial charge on any atom is 0.271 e. The maximum absolute atomic E-state index is 12.0. The highest BCUT2D eigenvalue weighted by Crippen LogP contribution is 2.13. The molecule has 8 heteroatoms. The van der Waals surface area contributed by atoms with Gasteiger partial charge in [0.1, 0.15) is 0 Å². The summed E-state index contributed by atoms with van der Waals surface area (Å²) in [6.45, 7) is 0. The Bertz CT molecular complexity index is 933. The molecule has 0 radical (unpaired) electrons. The van der Waals surface area contributed by atoms with Crippen LogP contribution in [0.5, 0.6) is 0 Å². The molecule has 0 aliphatic rings. The molecule has 0 bridgehead atoms. The molecule has 0 spiro atoms. The summed E-state index contributed by atoms with van der Waals surface area (Å²) in [4.78, 5) is 30.4. The van der Waals surface area contributed by atoms with Crippen LogP contribution < -0.4 is 5.43 Å². The van der Waals surface area contributed by atoms with Gasteiger partial charge in [0.05, 0.1) is 22.2 Å². The zero-order chi connectivity index (χ0) is 16.9. The van der Waals surface area contributed by atoms with E-state index in [0.717, 1.165) is 5.52 Å². The van der Waals surface area contributed by atoms with Crippen molar-refractivity contribution >= 4 is 28.8 Å². The first-order valence-corrected chi connectivity index (χ1v) is 6.93. The number of nitro groups is 1. The number of carbonyl (C=O) groups is 1. The SMILES string of the molecule is O=C(NN=Cc1cccc2nccnc12)c1ccc([N+](=O)[O-])cc1. The number of non-ortho nitro benzene ring substituents is 1. The highest BCUT2D eigenvalue weighted by atomic mass is 16.6. The van der Waals surface area contributed by atoms with Crippen molar-refractivity contribution in [3.63, 3.8) is 0 Å². The van der Waals surface area contributed by atoms with Crippen molar-refractivity contribution in [2.45, 2.75) is 0 Å². The largest absolute Gasteiger partial charge is 0.271 e. The highest BCUT2D eigenvalue weighted by molar-refractivity contribution is 5.98. The molecule has 8 nitrogen and oxygen atoms in total. The van der Waals surface area contributed by atoms with Gasteiger partial charge in [-0.25, -0.2) is 5.43 Å². The van der Waals surface area contributed by atoms with Crippen LogP contribution in [0.3, 0.4) is 0 Å². The van der Waals surface area contributed by atoms with Crippen LogP contribution in [0.25, 0.3) is 11.0 Å². The molecule has 118 valence electrons. The lowest BCUT2D eigenvalue weighted by atomic mass is 10.2. The summed E-state index contributed by atoms with van der Waals surface area (Å²) < 4.78 is 0. The zero-order valence-electron chi connectivity index (χ0n) is 12.3. The average molecular weight is 321 g/mol. The van der Waals surface area contributed by atoms with E-state index in [1.54, 1.807) is 18.5 Å². The van der Waals surface area contributed by atoms with Crippen molar-refractivity contribution in [2.24, 2.45) is 5.10 Å². The number of nitro benzene ring substituents is 1. The predicted octanol–water partition coefficient (Wildman–Crippen LogP) is 2.30. The third kappa shape index (κ3) is 3.22. The molecule has 1 aromatic heterocycles. The van der Waals surface area contributed by atoms with E-state index in [1.165, 1.54) is 30.5 Å². The van der Waals surface area contributed by atoms with Gasteiger partial charge in [0, 0.05) is 35.7 Å². The zero-order valence-corrected chi connectivity index (χ0v) is 12.3. The Morgan fingerprint density at radius 2 is 1.88 bits per heavy atom. The van der Waals surface area contributed by atoms with Crippen LogP contribution in [0.15, 0.2) is 60.0 Å². The molecule has 2 aromatic carbocycles. The predicted molar refractivity (Wildman–Crippen MR) is 87.7 cm³/mol. The lowest BCUT2D eigenvalue weighted by Gasteiger charge is -2.01. The molecule has 0 unspecified atom stereocenters. The quantitative estimate of drug-likeness (QED) is 0.450. The maximum atomic E-state index is 12.0. The van der Waals surface area contributed by atoms with Crippen molar-refractivity contribution in [3.05, 3.63) is 76.1 Å². The molecular formula is C16H11N5O3. The van der Waals surface area contributed by atoms with Crippen molar-refractivity contribution in [1.82, 2.24) is 15.4 Å². The van der Waals surface area contributed by atoms with E-state index in [4.69, 9.17) is 0 Å². The smallest absolute Gasteiger partial charge is 0.267 e. The minimum absolute atomic E-state index is 0.0793. The van der Waals surface area contributed by atoms with E-state index >= 15 is 0 Å². The molecule has 1 amide bonds. The first-order chi connectivity index (χ1) is 11.6. The molecule has 3 rings (SSSR count). The Morgan fingerprint density at radius 1 is 1.12 bits per heavy atom. The number of nitrogens with zero attached hydrogens (tertiary/aromatic N) is 4. The minimum atomic E-state index is -0.526. The van der Waals surface area contributed by atoms with Gasteiger partial charge in [-0.15, -0.1) is 0 Å². The summed E-state index contributed by atoms with van der Waals surface area (Å²) in [7, 11) is 0. The summed E-state index contributed by atoms with van der Waals surface area (Å²) in [6.07, 6.45) is 4.65. The molecule has 0 aliphatic heterocycles. The fraction of sp³-hybridized carbons (Fsp3) is 0. The van der Waals surface area contributed by atoms with Gasteiger partial charge in [0.15, 0.2) is 0 Å². The summed E-state index contributed by atoms with van der Waals surface area (Å²) >= 11 is 0. The monoisotopic (exact) mass is 321 g/mol. The fourth-order valence-corrected chi connectivity index (χ4v) is 2.08. The lowest BCUT2D eigenvalue weighted by Crippen LogP contribution is -2.17. The second-order valence-electron chi connectivity index (χ2n) is 4.77. The van der Waals surface area contributed by atoms with Gasteiger partial charge in [-0.3, -0.25) is 24.9 Å². The Hall–Kier alpha value is -3.68. The summed E-state index contributed by atoms with van der Waals surface area (Å²) in [5, 5.41) is 14.5. The number of benzene rings is 2. The molecule has 3 aromatic rings. The van der Waals surface area contributed by atoms with Crippen LogP contribution in [0, 0.1) is 10.1 Å². The molecule has 1 N–H and O–H groups in total. The van der Waals surface area contributed by atoms with Gasteiger partial charge >= 0.3 is 0 Å². The van der Waals surface area contributed by atoms with E-state index in [-0.39, 0.29) is 11.3 Å². The number of aromatic nitrogens is 2. The van der Waals surface area contributed by atoms with Crippen LogP contribution in [0.1, 0.15) is 15.9 Å². The van der Waals surface area contributed by atoms with E-state index in [9.17, 15) is 14.9 Å². The highest BCUT2D eigenvalue weighted by Gasteiger charge is 2.08. The fourth-order valence-electron chi connectivity index (χ4n) is 2.08. The molecule has 1 heterocycles. The van der Waals surface area contributed by atoms with Gasteiger partial charge in [-0.2, -0.15) is 5.10 Å². The normalized spacial score (nSPS) is 10.8. The van der Waals surface area contributed by atoms with Crippen molar-refractivity contribution < 1.29 is 9.72 Å². The number of hydrogen-bond acceptors (Lipinski definition) is 6. The Kier molecular flexibility index (Phi) is 4.19. The summed E-state index contributed by atoms with van der Waals surface area (Å²) in [5.41, 5.74) is 4.68. The third-order valence-electron chi connectivity index (χ3n) is 3.24. The minimum Gasteiger partial charge on any atom is -0.267 e. The summed E-state index contributed by atoms with van der Waals surface area (Å²) in [5.74, 6) is -0.465. The third-order valence-corrected chi connectivity index (χ3v) is 3.24. The summed E-state index contributed by atoms with van der Waals surface area (Å²) in [6, 6.07) is 10.7. The van der Waals surface area contributed by atoms with Crippen molar-refractivity contribution in [1.29, 1.82) is 0 Å². The molecule has 0 fully saturated rings. The number of amides is 1. The van der Waals surface area contributed by atoms with Crippen LogP contribution in [-0.2, 0) is 0 Å². The molecule has 0 saturated heterocycles. The molecular weight excluding hydrogens is 310 g/mol. The standard InChI is InChI=1S/C16H11N5O3/c22-16(11-4-6-13(7-5-11)21(23)24)20-19-10-12-2-1-3-14-15(12)18-9-8-17-14/h1-10H,(H,20,22). The molecule has 0 atom stereocenters. The van der Waals surface area contributed by atoms with E-state index in [0.29, 0.717) is 11.1 Å². The number of fused-ring (bicyclic) bond motifs is 1. The van der Waals surface area contributed by atoms with E-state index < -0.39 is 10.8 Å². The number of para-hydroxylation sites is 1. The van der Waals surface area contributed by atoms with Crippen LogP contribution in [-0.4, -0.2) is 27.0 Å². The topological polar surface area (TPSA) is 110 Å². The van der Waals surface area contributed by atoms with Crippen LogP contribution in [0.2, 0.25) is 0 Å². The number of hydrogen-bond donors (Lipinski definition) is 1. The van der Waals surface area contributed by atoms with Crippen LogP contribution in [0.4, 0.5) is 5.69 Å². The number of hydrazone groups is 1. The van der Waals surface area contributed by atoms with Crippen molar-refractivity contribution in [2.75, 3.05) is 0 Å². The molecule has 0 aliphatic carbocycles. The average Bonchev–Trinajstić information content (AvgIpc) is 2.62. The van der Waals surface area contributed by atoms with Gasteiger partial charge in [-0.05, 0) is 18.2 Å². The number of nitrogens with one attached hydrogen (secondary N) is 1. The van der Waals surface area contributed by atoms with Crippen LogP contribution >= 0.6 is 0 Å². The van der Waals surface area contributed by atoms with Gasteiger partial charge in [-0.1, -0.05) is 12.1 Å². The Balaban J connectivity index is 1.73. The van der Waals surface area contributed by atoms with E-state index in [2.05, 4.69) is 20.5 Å². The molecule has 0 saturated carbocycles. The van der Waals surface area contributed by atoms with E-state index in [1.807, 2.05) is 12.1 Å². The lowest BCUT2D eigenvalue weighted by molar-refractivity contribution is -0.384. The van der Waals surface area contributed by atoms with Gasteiger partial charge < -0.3 is 0 Å². The number of carbonyl (C=O) groups excluding carboxylic acids is 1. The molecule has 24 heavy (non-hydrogen) atoms. The second kappa shape index (κ2) is 6.61. The van der Waals surface area contributed by atoms with Crippen molar-refractivity contribution in [3.8, 4) is 0 Å². The first kappa shape index (κ1) is 15.2. The number of rotatable bonds is 4.